The van der Waals surface area contributed by atoms with E-state index in [0.29, 0.717) is 23.0 Å². The van der Waals surface area contributed by atoms with Gasteiger partial charge in [-0.2, -0.15) is 0 Å². The van der Waals surface area contributed by atoms with Crippen molar-refractivity contribution in [2.24, 2.45) is 0 Å². The Hall–Kier alpha value is -1.71. The van der Waals surface area contributed by atoms with Crippen LogP contribution in [0, 0.1) is 13.8 Å². The van der Waals surface area contributed by atoms with Gasteiger partial charge < -0.3 is 10.6 Å². The molecule has 0 saturated carbocycles. The van der Waals surface area contributed by atoms with Gasteiger partial charge in [-0.3, -0.25) is 4.79 Å². The second-order valence-corrected chi connectivity index (χ2v) is 6.35. The van der Waals surface area contributed by atoms with E-state index in [-0.39, 0.29) is 12.5 Å². The fourth-order valence-corrected chi connectivity index (χ4v) is 2.81. The number of amides is 1. The third-order valence-corrected chi connectivity index (χ3v) is 4.14. The third-order valence-electron chi connectivity index (χ3n) is 3.55. The number of anilines is 1. The van der Waals surface area contributed by atoms with Crippen LogP contribution in [0.5, 0.6) is 0 Å². The molecule has 0 heterocycles. The Morgan fingerprint density at radius 3 is 2.57 bits per heavy atom. The predicted molar refractivity (Wildman–Crippen MR) is 97.6 cm³/mol. The zero-order valence-corrected chi connectivity index (χ0v) is 14.8. The van der Waals surface area contributed by atoms with Gasteiger partial charge in [-0.05, 0) is 49.6 Å². The van der Waals surface area contributed by atoms with E-state index in [1.807, 2.05) is 32.0 Å². The van der Waals surface area contributed by atoms with Gasteiger partial charge in [0.05, 0.1) is 6.54 Å². The van der Waals surface area contributed by atoms with Gasteiger partial charge in [0.15, 0.2) is 0 Å². The molecule has 3 nitrogen and oxygen atoms in total. The lowest BCUT2D eigenvalue weighted by Crippen LogP contribution is -2.31. The van der Waals surface area contributed by atoms with Crippen LogP contribution in [-0.4, -0.2) is 19.0 Å². The highest BCUT2D eigenvalue weighted by molar-refractivity contribution is 6.35. The summed E-state index contributed by atoms with van der Waals surface area (Å²) in [4.78, 5) is 11.9. The molecule has 0 fully saturated rings. The number of hydrogen-bond acceptors (Lipinski definition) is 2. The van der Waals surface area contributed by atoms with Crippen LogP contribution < -0.4 is 10.6 Å². The molecule has 0 aliphatic carbocycles. The van der Waals surface area contributed by atoms with Gasteiger partial charge in [0.1, 0.15) is 0 Å². The highest BCUT2D eigenvalue weighted by atomic mass is 35.5. The molecule has 0 aliphatic heterocycles. The lowest BCUT2D eigenvalue weighted by atomic mass is 10.1. The third kappa shape index (κ3) is 5.45. The molecule has 2 aromatic carbocycles. The van der Waals surface area contributed by atoms with Crippen LogP contribution in [0.3, 0.4) is 0 Å². The Labute approximate surface area is 147 Å². The maximum absolute atomic E-state index is 11.9. The molecule has 0 aromatic heterocycles. The standard InChI is InChI=1S/C18H20Cl2N2O/c1-12-3-6-17(13(2)9-12)22-11-18(23)21-8-7-14-4-5-15(19)10-16(14)20/h3-6,9-10,22H,7-8,11H2,1-2H3,(H,21,23). The van der Waals surface area contributed by atoms with Crippen molar-refractivity contribution in [1.82, 2.24) is 5.32 Å². The smallest absolute Gasteiger partial charge is 0.239 e. The van der Waals surface area contributed by atoms with Gasteiger partial charge >= 0.3 is 0 Å². The summed E-state index contributed by atoms with van der Waals surface area (Å²) in [7, 11) is 0. The van der Waals surface area contributed by atoms with Crippen LogP contribution in [0.25, 0.3) is 0 Å². The van der Waals surface area contributed by atoms with Crippen LogP contribution >= 0.6 is 23.2 Å². The Morgan fingerprint density at radius 1 is 1.09 bits per heavy atom. The summed E-state index contributed by atoms with van der Waals surface area (Å²) in [6.07, 6.45) is 0.672. The van der Waals surface area contributed by atoms with E-state index >= 15 is 0 Å². The number of hydrogen-bond donors (Lipinski definition) is 2. The minimum atomic E-state index is -0.0462. The van der Waals surface area contributed by atoms with Crippen LogP contribution in [0.15, 0.2) is 36.4 Å². The molecule has 5 heteroatoms. The quantitative estimate of drug-likeness (QED) is 0.811. The molecule has 0 saturated heterocycles. The lowest BCUT2D eigenvalue weighted by molar-refractivity contribution is -0.119. The van der Waals surface area contributed by atoms with E-state index in [0.717, 1.165) is 16.8 Å². The first-order valence-electron chi connectivity index (χ1n) is 7.47. The number of carbonyl (C=O) groups is 1. The molecule has 23 heavy (non-hydrogen) atoms. The Morgan fingerprint density at radius 2 is 1.87 bits per heavy atom. The SMILES string of the molecule is Cc1ccc(NCC(=O)NCCc2ccc(Cl)cc2Cl)c(C)c1. The molecule has 1 amide bonds. The summed E-state index contributed by atoms with van der Waals surface area (Å²) in [5, 5.41) is 7.27. The molecule has 0 atom stereocenters. The van der Waals surface area contributed by atoms with E-state index in [1.54, 1.807) is 12.1 Å². The van der Waals surface area contributed by atoms with Crippen molar-refractivity contribution < 1.29 is 4.79 Å². The monoisotopic (exact) mass is 350 g/mol. The second kappa shape index (κ2) is 8.23. The summed E-state index contributed by atoms with van der Waals surface area (Å²) in [6, 6.07) is 11.5. The molecule has 0 bridgehead atoms. The van der Waals surface area contributed by atoms with Crippen molar-refractivity contribution in [2.45, 2.75) is 20.3 Å². The summed E-state index contributed by atoms with van der Waals surface area (Å²) >= 11 is 12.0. The lowest BCUT2D eigenvalue weighted by Gasteiger charge is -2.11. The van der Waals surface area contributed by atoms with E-state index in [1.165, 1.54) is 5.56 Å². The van der Waals surface area contributed by atoms with Gasteiger partial charge in [0, 0.05) is 22.3 Å². The fourth-order valence-electron chi connectivity index (χ4n) is 2.31. The topological polar surface area (TPSA) is 41.1 Å². The molecule has 0 unspecified atom stereocenters. The molecule has 0 spiro atoms. The molecule has 2 N–H and O–H groups in total. The number of halogens is 2. The van der Waals surface area contributed by atoms with Gasteiger partial charge in [-0.25, -0.2) is 0 Å². The number of nitrogens with one attached hydrogen (secondary N) is 2. The highest BCUT2D eigenvalue weighted by Gasteiger charge is 2.05. The Bertz CT molecular complexity index is 701. The normalized spacial score (nSPS) is 10.4. The summed E-state index contributed by atoms with van der Waals surface area (Å²) < 4.78 is 0. The van der Waals surface area contributed by atoms with Crippen molar-refractivity contribution in [3.05, 3.63) is 63.1 Å². The molecule has 2 rings (SSSR count). The van der Waals surface area contributed by atoms with Gasteiger partial charge in [0.25, 0.3) is 0 Å². The first-order valence-corrected chi connectivity index (χ1v) is 8.23. The Kier molecular flexibility index (Phi) is 6.31. The van der Waals surface area contributed by atoms with Crippen LogP contribution in [0.4, 0.5) is 5.69 Å². The fraction of sp³-hybridized carbons (Fsp3) is 0.278. The molecular formula is C18H20Cl2N2O. The Balaban J connectivity index is 1.77. The zero-order valence-electron chi connectivity index (χ0n) is 13.2. The average Bonchev–Trinajstić information content (AvgIpc) is 2.48. The van der Waals surface area contributed by atoms with E-state index < -0.39 is 0 Å². The zero-order chi connectivity index (χ0) is 16.8. The highest BCUT2D eigenvalue weighted by Crippen LogP contribution is 2.21. The van der Waals surface area contributed by atoms with Crippen molar-refractivity contribution >= 4 is 34.8 Å². The summed E-state index contributed by atoms with van der Waals surface area (Å²) in [5.74, 6) is -0.0462. The van der Waals surface area contributed by atoms with Gasteiger partial charge in [-0.1, -0.05) is 47.0 Å². The molecular weight excluding hydrogens is 331 g/mol. The summed E-state index contributed by atoms with van der Waals surface area (Å²) in [6.45, 7) is 4.86. The van der Waals surface area contributed by atoms with Crippen LogP contribution in [-0.2, 0) is 11.2 Å². The van der Waals surface area contributed by atoms with E-state index in [4.69, 9.17) is 23.2 Å². The van der Waals surface area contributed by atoms with Crippen molar-refractivity contribution in [3.63, 3.8) is 0 Å². The van der Waals surface area contributed by atoms with Crippen molar-refractivity contribution in [1.29, 1.82) is 0 Å². The van der Waals surface area contributed by atoms with Crippen molar-refractivity contribution in [2.75, 3.05) is 18.4 Å². The molecule has 122 valence electrons. The number of benzene rings is 2. The van der Waals surface area contributed by atoms with Gasteiger partial charge in [0.2, 0.25) is 5.91 Å². The maximum atomic E-state index is 11.9. The molecule has 2 aromatic rings. The second-order valence-electron chi connectivity index (χ2n) is 5.51. The first-order chi connectivity index (χ1) is 11.0. The minimum absolute atomic E-state index is 0.0462. The first kappa shape index (κ1) is 17.6. The number of aryl methyl sites for hydroxylation is 2. The molecule has 0 radical (unpaired) electrons. The summed E-state index contributed by atoms with van der Waals surface area (Å²) in [5.41, 5.74) is 4.29. The van der Waals surface area contributed by atoms with Gasteiger partial charge in [-0.15, -0.1) is 0 Å². The average molecular weight is 351 g/mol. The van der Waals surface area contributed by atoms with E-state index in [9.17, 15) is 4.79 Å². The van der Waals surface area contributed by atoms with Crippen molar-refractivity contribution in [3.8, 4) is 0 Å². The predicted octanol–water partition coefficient (Wildman–Crippen LogP) is 4.38. The minimum Gasteiger partial charge on any atom is -0.376 e. The number of carbonyl (C=O) groups excluding carboxylic acids is 1. The maximum Gasteiger partial charge on any atom is 0.239 e. The van der Waals surface area contributed by atoms with E-state index in [2.05, 4.69) is 16.7 Å². The van der Waals surface area contributed by atoms with Crippen LogP contribution in [0.1, 0.15) is 16.7 Å². The number of rotatable bonds is 6. The van der Waals surface area contributed by atoms with Crippen LogP contribution in [0.2, 0.25) is 10.0 Å². The largest absolute Gasteiger partial charge is 0.376 e. The molecule has 0 aliphatic rings.